The first-order valence-electron chi connectivity index (χ1n) is 8.49. The number of thioether (sulfide) groups is 1. The van der Waals surface area contributed by atoms with Crippen molar-refractivity contribution in [3.8, 4) is 5.69 Å². The molecule has 0 saturated carbocycles. The SMILES string of the molecule is Cc1ccc(C2=NC(=O)C(=Cc3c(C)[nH]n(-c4ccccc4)c3=O)S2)cc1. The maximum Gasteiger partial charge on any atom is 0.284 e. The molecule has 134 valence electrons. The van der Waals surface area contributed by atoms with Gasteiger partial charge in [0.2, 0.25) is 0 Å². The van der Waals surface area contributed by atoms with Crippen molar-refractivity contribution in [3.05, 3.63) is 92.2 Å². The Bertz CT molecular complexity index is 1140. The first-order valence-corrected chi connectivity index (χ1v) is 9.31. The Balaban J connectivity index is 1.67. The number of benzene rings is 2. The van der Waals surface area contributed by atoms with Gasteiger partial charge in [0.15, 0.2) is 0 Å². The molecule has 6 heteroatoms. The van der Waals surface area contributed by atoms with Gasteiger partial charge in [-0.2, -0.15) is 0 Å². The molecule has 1 aliphatic heterocycles. The smallest absolute Gasteiger partial charge is 0.284 e. The summed E-state index contributed by atoms with van der Waals surface area (Å²) in [7, 11) is 0. The second kappa shape index (κ2) is 6.89. The summed E-state index contributed by atoms with van der Waals surface area (Å²) in [5.74, 6) is -0.318. The second-order valence-corrected chi connectivity index (χ2v) is 7.36. The highest BCUT2D eigenvalue weighted by Crippen LogP contribution is 2.31. The van der Waals surface area contributed by atoms with E-state index in [-0.39, 0.29) is 11.5 Å². The molecule has 0 unspecified atom stereocenters. The van der Waals surface area contributed by atoms with Crippen molar-refractivity contribution in [2.24, 2.45) is 4.99 Å². The van der Waals surface area contributed by atoms with Crippen LogP contribution in [0.3, 0.4) is 0 Å². The summed E-state index contributed by atoms with van der Waals surface area (Å²) >= 11 is 1.29. The van der Waals surface area contributed by atoms with E-state index in [4.69, 9.17) is 0 Å². The summed E-state index contributed by atoms with van der Waals surface area (Å²) in [5, 5.41) is 3.72. The third-order valence-electron chi connectivity index (χ3n) is 4.33. The number of para-hydroxylation sites is 1. The van der Waals surface area contributed by atoms with Crippen LogP contribution in [0, 0.1) is 13.8 Å². The average molecular weight is 375 g/mol. The number of H-pyrrole nitrogens is 1. The molecule has 1 aliphatic rings. The zero-order valence-electron chi connectivity index (χ0n) is 14.9. The molecule has 1 aromatic heterocycles. The van der Waals surface area contributed by atoms with Gasteiger partial charge in [-0.05, 0) is 32.1 Å². The lowest BCUT2D eigenvalue weighted by Crippen LogP contribution is -2.15. The Morgan fingerprint density at radius 2 is 1.70 bits per heavy atom. The molecule has 27 heavy (non-hydrogen) atoms. The van der Waals surface area contributed by atoms with Gasteiger partial charge in [0, 0.05) is 11.3 Å². The van der Waals surface area contributed by atoms with Gasteiger partial charge in [-0.3, -0.25) is 14.7 Å². The van der Waals surface area contributed by atoms with E-state index >= 15 is 0 Å². The predicted octanol–water partition coefficient (Wildman–Crippen LogP) is 3.84. The van der Waals surface area contributed by atoms with Gasteiger partial charge < -0.3 is 0 Å². The molecule has 2 aromatic carbocycles. The van der Waals surface area contributed by atoms with Gasteiger partial charge in [0.25, 0.3) is 11.5 Å². The molecule has 0 saturated heterocycles. The van der Waals surface area contributed by atoms with Gasteiger partial charge >= 0.3 is 0 Å². The highest BCUT2D eigenvalue weighted by atomic mass is 32.2. The average Bonchev–Trinajstić information content (AvgIpc) is 3.18. The fourth-order valence-corrected chi connectivity index (χ4v) is 3.75. The first-order chi connectivity index (χ1) is 13.0. The number of amides is 1. The van der Waals surface area contributed by atoms with Gasteiger partial charge in [0.1, 0.15) is 5.04 Å². The summed E-state index contributed by atoms with van der Waals surface area (Å²) in [5.41, 5.74) is 3.77. The quantitative estimate of drug-likeness (QED) is 0.707. The number of nitrogens with one attached hydrogen (secondary N) is 1. The minimum absolute atomic E-state index is 0.191. The molecular weight excluding hydrogens is 358 g/mol. The minimum Gasteiger partial charge on any atom is -0.295 e. The Labute approximate surface area is 160 Å². The van der Waals surface area contributed by atoms with Crippen LogP contribution in [0.1, 0.15) is 22.4 Å². The number of hydrogen-bond acceptors (Lipinski definition) is 3. The highest BCUT2D eigenvalue weighted by molar-refractivity contribution is 8.19. The molecule has 3 aromatic rings. The molecule has 5 nitrogen and oxygen atoms in total. The van der Waals surface area contributed by atoms with Crippen molar-refractivity contribution in [1.82, 2.24) is 9.78 Å². The van der Waals surface area contributed by atoms with Crippen LogP contribution in [0.15, 0.2) is 69.3 Å². The van der Waals surface area contributed by atoms with Gasteiger partial charge in [-0.25, -0.2) is 9.67 Å². The highest BCUT2D eigenvalue weighted by Gasteiger charge is 2.24. The maximum atomic E-state index is 12.8. The zero-order chi connectivity index (χ0) is 19.0. The Morgan fingerprint density at radius 3 is 2.41 bits per heavy atom. The van der Waals surface area contributed by atoms with Crippen molar-refractivity contribution in [3.63, 3.8) is 0 Å². The number of aromatic nitrogens is 2. The van der Waals surface area contributed by atoms with Crippen molar-refractivity contribution < 1.29 is 4.79 Å². The fourth-order valence-electron chi connectivity index (χ4n) is 2.85. The van der Waals surface area contributed by atoms with E-state index in [2.05, 4.69) is 10.1 Å². The summed E-state index contributed by atoms with van der Waals surface area (Å²) < 4.78 is 1.48. The third-order valence-corrected chi connectivity index (χ3v) is 5.36. The summed E-state index contributed by atoms with van der Waals surface area (Å²) in [6, 6.07) is 17.2. The van der Waals surface area contributed by atoms with Crippen molar-refractivity contribution in [2.75, 3.05) is 0 Å². The largest absolute Gasteiger partial charge is 0.295 e. The van der Waals surface area contributed by atoms with Crippen LogP contribution >= 0.6 is 11.8 Å². The predicted molar refractivity (Wildman–Crippen MR) is 109 cm³/mol. The first kappa shape index (κ1) is 17.3. The van der Waals surface area contributed by atoms with Crippen molar-refractivity contribution in [1.29, 1.82) is 0 Å². The molecule has 1 N–H and O–H groups in total. The van der Waals surface area contributed by atoms with E-state index in [1.54, 1.807) is 6.08 Å². The lowest BCUT2D eigenvalue weighted by Gasteiger charge is -1.99. The molecule has 4 rings (SSSR count). The fraction of sp³-hybridized carbons (Fsp3) is 0.0952. The number of nitrogens with zero attached hydrogens (tertiary/aromatic N) is 2. The number of carbonyl (C=O) groups excluding carboxylic acids is 1. The standard InChI is InChI=1S/C21H17N3O2S/c1-13-8-10-15(11-9-13)20-22-19(25)18(27-20)12-17-14(2)23-24(21(17)26)16-6-4-3-5-7-16/h3-12,23H,1-2H3. The molecule has 0 bridgehead atoms. The van der Waals surface area contributed by atoms with Crippen molar-refractivity contribution >= 4 is 28.8 Å². The Morgan fingerprint density at radius 1 is 1.00 bits per heavy atom. The monoisotopic (exact) mass is 375 g/mol. The van der Waals surface area contributed by atoms with Gasteiger partial charge in [-0.15, -0.1) is 0 Å². The van der Waals surface area contributed by atoms with Crippen LogP contribution in [-0.4, -0.2) is 20.7 Å². The van der Waals surface area contributed by atoms with Gasteiger partial charge in [-0.1, -0.05) is 59.8 Å². The van der Waals surface area contributed by atoms with Crippen LogP contribution in [0.2, 0.25) is 0 Å². The van der Waals surface area contributed by atoms with Crippen LogP contribution in [0.25, 0.3) is 11.8 Å². The van der Waals surface area contributed by atoms with E-state index in [0.717, 1.165) is 16.8 Å². The van der Waals surface area contributed by atoms with E-state index in [1.165, 1.54) is 16.4 Å². The Hall–Kier alpha value is -3.12. The number of aliphatic imine (C=N–C) groups is 1. The van der Waals surface area contributed by atoms with Crippen LogP contribution in [0.4, 0.5) is 0 Å². The lowest BCUT2D eigenvalue weighted by molar-refractivity contribution is -0.113. The van der Waals surface area contributed by atoms with Gasteiger partial charge in [0.05, 0.1) is 16.2 Å². The molecule has 0 atom stereocenters. The van der Waals surface area contributed by atoms with E-state index < -0.39 is 0 Å². The summed E-state index contributed by atoms with van der Waals surface area (Å²) in [6.07, 6.45) is 1.63. The number of carbonyl (C=O) groups is 1. The Kier molecular flexibility index (Phi) is 4.41. The van der Waals surface area contributed by atoms with Crippen LogP contribution in [0.5, 0.6) is 0 Å². The molecular formula is C21H17N3O2S. The molecule has 2 heterocycles. The maximum absolute atomic E-state index is 12.8. The normalized spacial score (nSPS) is 15.4. The van der Waals surface area contributed by atoms with E-state index in [1.807, 2.05) is 68.4 Å². The zero-order valence-corrected chi connectivity index (χ0v) is 15.7. The van der Waals surface area contributed by atoms with E-state index in [0.29, 0.717) is 21.2 Å². The topological polar surface area (TPSA) is 67.2 Å². The number of aromatic amines is 1. The lowest BCUT2D eigenvalue weighted by atomic mass is 10.2. The number of rotatable bonds is 3. The van der Waals surface area contributed by atoms with Crippen LogP contribution in [-0.2, 0) is 4.79 Å². The molecule has 0 fully saturated rings. The molecule has 0 radical (unpaired) electrons. The van der Waals surface area contributed by atoms with E-state index in [9.17, 15) is 9.59 Å². The summed E-state index contributed by atoms with van der Waals surface area (Å²) in [4.78, 5) is 29.7. The number of hydrogen-bond donors (Lipinski definition) is 1. The molecule has 0 aliphatic carbocycles. The molecule has 1 amide bonds. The second-order valence-electron chi connectivity index (χ2n) is 6.33. The summed E-state index contributed by atoms with van der Waals surface area (Å²) in [6.45, 7) is 3.83. The third kappa shape index (κ3) is 3.31. The molecule has 0 spiro atoms. The minimum atomic E-state index is -0.318. The van der Waals surface area contributed by atoms with Crippen LogP contribution < -0.4 is 5.56 Å². The number of aryl methyl sites for hydroxylation is 2. The van der Waals surface area contributed by atoms with Crippen molar-refractivity contribution in [2.45, 2.75) is 13.8 Å².